The Morgan fingerprint density at radius 2 is 2.11 bits per heavy atom. The Bertz CT molecular complexity index is 511. The van der Waals surface area contributed by atoms with Gasteiger partial charge in [0.25, 0.3) is 0 Å². The molecule has 1 heterocycles. The Morgan fingerprint density at radius 3 is 2.83 bits per heavy atom. The molecular weight excluding hydrogens is 227 g/mol. The molecule has 0 unspecified atom stereocenters. The molecule has 2 rings (SSSR count). The maximum Gasteiger partial charge on any atom is 0.123 e. The molecule has 0 spiro atoms. The topological polar surface area (TPSA) is 24.9 Å². The molecule has 0 saturated carbocycles. The predicted octanol–water partition coefficient (Wildman–Crippen LogP) is 3.38. The summed E-state index contributed by atoms with van der Waals surface area (Å²) in [5.41, 5.74) is 3.07. The molecule has 3 heteroatoms. The number of rotatable bonds is 4. The van der Waals surface area contributed by atoms with E-state index in [-0.39, 0.29) is 11.9 Å². The third-order valence-electron chi connectivity index (χ3n) is 3.04. The van der Waals surface area contributed by atoms with Crippen molar-refractivity contribution in [2.24, 2.45) is 0 Å². The molecule has 1 aromatic heterocycles. The number of nitrogens with zero attached hydrogens (tertiary/aromatic N) is 1. The molecule has 0 aliphatic heterocycles. The van der Waals surface area contributed by atoms with Crippen molar-refractivity contribution in [1.82, 2.24) is 10.3 Å². The number of aromatic nitrogens is 1. The van der Waals surface area contributed by atoms with Crippen LogP contribution < -0.4 is 5.32 Å². The van der Waals surface area contributed by atoms with Gasteiger partial charge in [0.2, 0.25) is 0 Å². The van der Waals surface area contributed by atoms with Crippen molar-refractivity contribution in [1.29, 1.82) is 0 Å². The Labute approximate surface area is 107 Å². The third-order valence-corrected chi connectivity index (χ3v) is 3.04. The largest absolute Gasteiger partial charge is 0.305 e. The number of hydrogen-bond acceptors (Lipinski definition) is 2. The van der Waals surface area contributed by atoms with Gasteiger partial charge in [-0.3, -0.25) is 4.98 Å². The molecular formula is C15H17FN2. The first kappa shape index (κ1) is 12.7. The molecule has 1 aromatic carbocycles. The van der Waals surface area contributed by atoms with Crippen molar-refractivity contribution in [3.8, 4) is 0 Å². The molecule has 1 atom stereocenters. The number of hydrogen-bond donors (Lipinski definition) is 1. The molecule has 0 bridgehead atoms. The van der Waals surface area contributed by atoms with Gasteiger partial charge in [0.05, 0.1) is 5.69 Å². The second-order valence-electron chi connectivity index (χ2n) is 4.43. The molecule has 0 saturated heterocycles. The zero-order valence-electron chi connectivity index (χ0n) is 10.7. The standard InChI is InChI=1S/C15H17FN2/c1-11-6-7-14(16)9-13(11)10-18-12(2)15-5-3-4-8-17-15/h3-9,12,18H,10H2,1-2H3/t12-/m1/s1. The summed E-state index contributed by atoms with van der Waals surface area (Å²) in [6.45, 7) is 4.68. The number of nitrogens with one attached hydrogen (secondary N) is 1. The van der Waals surface area contributed by atoms with Crippen molar-refractivity contribution >= 4 is 0 Å². The van der Waals surface area contributed by atoms with Crippen LogP contribution in [0.4, 0.5) is 4.39 Å². The maximum absolute atomic E-state index is 13.2. The van der Waals surface area contributed by atoms with E-state index in [9.17, 15) is 4.39 Å². The molecule has 0 fully saturated rings. The molecule has 0 amide bonds. The van der Waals surface area contributed by atoms with Crippen LogP contribution in [0.1, 0.15) is 29.8 Å². The maximum atomic E-state index is 13.2. The normalized spacial score (nSPS) is 12.4. The SMILES string of the molecule is Cc1ccc(F)cc1CN[C@H](C)c1ccccn1. The first-order valence-corrected chi connectivity index (χ1v) is 6.06. The van der Waals surface area contributed by atoms with E-state index in [0.717, 1.165) is 16.8 Å². The number of benzene rings is 1. The van der Waals surface area contributed by atoms with Crippen molar-refractivity contribution in [3.05, 3.63) is 65.2 Å². The van der Waals surface area contributed by atoms with Crippen molar-refractivity contribution in [2.75, 3.05) is 0 Å². The highest BCUT2D eigenvalue weighted by Gasteiger charge is 2.07. The summed E-state index contributed by atoms with van der Waals surface area (Å²) in [5, 5.41) is 3.35. The van der Waals surface area contributed by atoms with Crippen LogP contribution in [0.5, 0.6) is 0 Å². The average Bonchev–Trinajstić information content (AvgIpc) is 2.40. The van der Waals surface area contributed by atoms with E-state index in [1.54, 1.807) is 18.3 Å². The molecule has 2 nitrogen and oxygen atoms in total. The second-order valence-corrected chi connectivity index (χ2v) is 4.43. The van der Waals surface area contributed by atoms with E-state index >= 15 is 0 Å². The van der Waals surface area contributed by atoms with E-state index in [0.29, 0.717) is 6.54 Å². The third kappa shape index (κ3) is 3.14. The van der Waals surface area contributed by atoms with Crippen LogP contribution >= 0.6 is 0 Å². The Hall–Kier alpha value is -1.74. The van der Waals surface area contributed by atoms with E-state index < -0.39 is 0 Å². The Balaban J connectivity index is 2.01. The molecule has 1 N–H and O–H groups in total. The van der Waals surface area contributed by atoms with Gasteiger partial charge in [0.15, 0.2) is 0 Å². The molecule has 18 heavy (non-hydrogen) atoms. The van der Waals surface area contributed by atoms with Gasteiger partial charge in [-0.15, -0.1) is 0 Å². The van der Waals surface area contributed by atoms with Crippen LogP contribution in [0.25, 0.3) is 0 Å². The fourth-order valence-electron chi connectivity index (χ4n) is 1.83. The van der Waals surface area contributed by atoms with Crippen LogP contribution in [0.3, 0.4) is 0 Å². The highest BCUT2D eigenvalue weighted by Crippen LogP contribution is 2.13. The van der Waals surface area contributed by atoms with E-state index in [1.165, 1.54) is 6.07 Å². The second kappa shape index (κ2) is 5.74. The minimum atomic E-state index is -0.192. The van der Waals surface area contributed by atoms with Crippen LogP contribution in [-0.4, -0.2) is 4.98 Å². The number of aryl methyl sites for hydroxylation is 1. The summed E-state index contributed by atoms with van der Waals surface area (Å²) in [7, 11) is 0. The Kier molecular flexibility index (Phi) is 4.05. The minimum absolute atomic E-state index is 0.147. The zero-order valence-corrected chi connectivity index (χ0v) is 10.7. The number of halogens is 1. The lowest BCUT2D eigenvalue weighted by Crippen LogP contribution is -2.19. The number of pyridine rings is 1. The van der Waals surface area contributed by atoms with E-state index in [2.05, 4.69) is 17.2 Å². The van der Waals surface area contributed by atoms with Gasteiger partial charge in [-0.05, 0) is 49.2 Å². The molecule has 0 aliphatic carbocycles. The fourth-order valence-corrected chi connectivity index (χ4v) is 1.83. The summed E-state index contributed by atoms with van der Waals surface area (Å²) in [4.78, 5) is 4.29. The average molecular weight is 244 g/mol. The lowest BCUT2D eigenvalue weighted by Gasteiger charge is -2.14. The summed E-state index contributed by atoms with van der Waals surface area (Å²) in [6, 6.07) is 10.9. The minimum Gasteiger partial charge on any atom is -0.305 e. The lowest BCUT2D eigenvalue weighted by molar-refractivity contribution is 0.556. The summed E-state index contributed by atoms with van der Waals surface area (Å²) in [5.74, 6) is -0.192. The molecule has 0 aliphatic rings. The highest BCUT2D eigenvalue weighted by atomic mass is 19.1. The van der Waals surface area contributed by atoms with Crippen LogP contribution in [0.15, 0.2) is 42.6 Å². The van der Waals surface area contributed by atoms with Gasteiger partial charge in [0.1, 0.15) is 5.82 Å². The van der Waals surface area contributed by atoms with Crippen LogP contribution in [0.2, 0.25) is 0 Å². The quantitative estimate of drug-likeness (QED) is 0.891. The zero-order chi connectivity index (χ0) is 13.0. The highest BCUT2D eigenvalue weighted by molar-refractivity contribution is 5.26. The smallest absolute Gasteiger partial charge is 0.123 e. The van der Waals surface area contributed by atoms with Crippen LogP contribution in [-0.2, 0) is 6.54 Å². The fraction of sp³-hybridized carbons (Fsp3) is 0.267. The van der Waals surface area contributed by atoms with Gasteiger partial charge >= 0.3 is 0 Å². The molecule has 2 aromatic rings. The van der Waals surface area contributed by atoms with Gasteiger partial charge in [0, 0.05) is 18.8 Å². The monoisotopic (exact) mass is 244 g/mol. The summed E-state index contributed by atoms with van der Waals surface area (Å²) >= 11 is 0. The van der Waals surface area contributed by atoms with E-state index in [1.807, 2.05) is 25.1 Å². The predicted molar refractivity (Wildman–Crippen MR) is 70.6 cm³/mol. The Morgan fingerprint density at radius 1 is 1.28 bits per heavy atom. The summed E-state index contributed by atoms with van der Waals surface area (Å²) < 4.78 is 13.2. The van der Waals surface area contributed by atoms with Gasteiger partial charge in [-0.1, -0.05) is 12.1 Å². The first-order valence-electron chi connectivity index (χ1n) is 6.06. The summed E-state index contributed by atoms with van der Waals surface area (Å²) in [6.07, 6.45) is 1.78. The van der Waals surface area contributed by atoms with Crippen molar-refractivity contribution in [2.45, 2.75) is 26.4 Å². The van der Waals surface area contributed by atoms with Gasteiger partial charge < -0.3 is 5.32 Å². The van der Waals surface area contributed by atoms with Crippen molar-refractivity contribution < 1.29 is 4.39 Å². The molecule has 94 valence electrons. The van der Waals surface area contributed by atoms with E-state index in [4.69, 9.17) is 0 Å². The lowest BCUT2D eigenvalue weighted by atomic mass is 10.1. The molecule has 0 radical (unpaired) electrons. The van der Waals surface area contributed by atoms with Gasteiger partial charge in [-0.25, -0.2) is 4.39 Å². The van der Waals surface area contributed by atoms with Crippen LogP contribution in [0, 0.1) is 12.7 Å². The first-order chi connectivity index (χ1) is 8.66. The van der Waals surface area contributed by atoms with Gasteiger partial charge in [-0.2, -0.15) is 0 Å². The van der Waals surface area contributed by atoms with Crippen molar-refractivity contribution in [3.63, 3.8) is 0 Å².